The van der Waals surface area contributed by atoms with Crippen LogP contribution in [0.25, 0.3) is 0 Å². The second kappa shape index (κ2) is 4.63. The zero-order valence-electron chi connectivity index (χ0n) is 6.34. The van der Waals surface area contributed by atoms with E-state index in [1.807, 2.05) is 0 Å². The molecule has 0 heterocycles. The van der Waals surface area contributed by atoms with Crippen molar-refractivity contribution in [1.82, 2.24) is 10.6 Å². The zero-order chi connectivity index (χ0) is 8.85. The van der Waals surface area contributed by atoms with Gasteiger partial charge in [0, 0.05) is 14.1 Å². The summed E-state index contributed by atoms with van der Waals surface area (Å²) in [5.74, 6) is -1.26. The van der Waals surface area contributed by atoms with Gasteiger partial charge in [0.1, 0.15) is 4.99 Å². The molecule has 0 spiro atoms. The molecule has 60 valence electrons. The third-order valence-electron chi connectivity index (χ3n) is 1.15. The molecule has 0 aliphatic rings. The van der Waals surface area contributed by atoms with Crippen LogP contribution < -0.4 is 10.6 Å². The molecule has 2 N–H and O–H groups in total. The number of carbonyl (C=O) groups excluding carboxylic acids is 1. The standard InChI is InChI=1S/C6H9N3OS/c1-8-5(10)4(3-7)6(11)9-2/h4H,1-2H3,(H,8,10)(H,9,11)/t4-/m1/s1. The Morgan fingerprint density at radius 2 is 2.09 bits per heavy atom. The molecule has 0 rings (SSSR count). The Morgan fingerprint density at radius 3 is 2.36 bits per heavy atom. The van der Waals surface area contributed by atoms with Crippen molar-refractivity contribution in [3.8, 4) is 6.07 Å². The number of carbonyl (C=O) groups is 1. The molecule has 0 aromatic heterocycles. The van der Waals surface area contributed by atoms with Gasteiger partial charge in [0.15, 0.2) is 5.92 Å². The number of hydrogen-bond acceptors (Lipinski definition) is 3. The van der Waals surface area contributed by atoms with Crippen molar-refractivity contribution in [2.24, 2.45) is 5.92 Å². The van der Waals surface area contributed by atoms with Crippen LogP contribution >= 0.6 is 12.2 Å². The summed E-state index contributed by atoms with van der Waals surface area (Å²) in [6.07, 6.45) is 0. The molecular weight excluding hydrogens is 162 g/mol. The highest BCUT2D eigenvalue weighted by atomic mass is 32.1. The minimum Gasteiger partial charge on any atom is -0.381 e. The fourth-order valence-electron chi connectivity index (χ4n) is 0.525. The van der Waals surface area contributed by atoms with Crippen molar-refractivity contribution in [1.29, 1.82) is 5.26 Å². The molecule has 11 heavy (non-hydrogen) atoms. The minimum absolute atomic E-state index is 0.242. The van der Waals surface area contributed by atoms with Crippen molar-refractivity contribution < 1.29 is 4.79 Å². The molecule has 0 saturated carbocycles. The minimum atomic E-state index is -0.875. The van der Waals surface area contributed by atoms with Gasteiger partial charge in [0.2, 0.25) is 5.91 Å². The number of nitrogens with one attached hydrogen (secondary N) is 2. The molecule has 0 radical (unpaired) electrons. The molecule has 0 aromatic rings. The highest BCUT2D eigenvalue weighted by molar-refractivity contribution is 7.80. The van der Waals surface area contributed by atoms with Gasteiger partial charge < -0.3 is 10.6 Å². The van der Waals surface area contributed by atoms with E-state index in [2.05, 4.69) is 10.6 Å². The second-order valence-electron chi connectivity index (χ2n) is 1.79. The first kappa shape index (κ1) is 9.85. The molecule has 0 unspecified atom stereocenters. The summed E-state index contributed by atoms with van der Waals surface area (Å²) >= 11 is 4.72. The predicted octanol–water partition coefficient (Wildman–Crippen LogP) is -0.581. The van der Waals surface area contributed by atoms with Crippen LogP contribution in [0, 0.1) is 17.2 Å². The van der Waals surface area contributed by atoms with Gasteiger partial charge in [-0.25, -0.2) is 0 Å². The lowest BCUT2D eigenvalue weighted by atomic mass is 10.1. The Balaban J connectivity index is 4.31. The van der Waals surface area contributed by atoms with E-state index in [1.54, 1.807) is 13.1 Å². The third kappa shape index (κ3) is 2.51. The summed E-state index contributed by atoms with van der Waals surface area (Å²) in [5.41, 5.74) is 0. The normalized spacial score (nSPS) is 11.0. The number of amides is 1. The van der Waals surface area contributed by atoms with Crippen molar-refractivity contribution in [3.63, 3.8) is 0 Å². The maximum absolute atomic E-state index is 10.9. The van der Waals surface area contributed by atoms with Gasteiger partial charge in [-0.3, -0.25) is 4.79 Å². The molecule has 0 saturated heterocycles. The average molecular weight is 171 g/mol. The van der Waals surface area contributed by atoms with Crippen LogP contribution in [0.3, 0.4) is 0 Å². The fraction of sp³-hybridized carbons (Fsp3) is 0.500. The van der Waals surface area contributed by atoms with Crippen LogP contribution in [0.1, 0.15) is 0 Å². The van der Waals surface area contributed by atoms with Crippen molar-refractivity contribution in [3.05, 3.63) is 0 Å². The van der Waals surface area contributed by atoms with E-state index in [-0.39, 0.29) is 10.9 Å². The smallest absolute Gasteiger partial charge is 0.244 e. The highest BCUT2D eigenvalue weighted by Crippen LogP contribution is 1.95. The van der Waals surface area contributed by atoms with Gasteiger partial charge in [0.25, 0.3) is 0 Å². The van der Waals surface area contributed by atoms with Crippen LogP contribution in [-0.2, 0) is 4.79 Å². The quantitative estimate of drug-likeness (QED) is 0.545. The summed E-state index contributed by atoms with van der Waals surface area (Å²) in [6, 6.07) is 1.79. The summed E-state index contributed by atoms with van der Waals surface area (Å²) in [4.78, 5) is 11.1. The van der Waals surface area contributed by atoms with Gasteiger partial charge >= 0.3 is 0 Å². The van der Waals surface area contributed by atoms with Gasteiger partial charge in [-0.2, -0.15) is 5.26 Å². The Morgan fingerprint density at radius 1 is 1.55 bits per heavy atom. The van der Waals surface area contributed by atoms with Crippen molar-refractivity contribution in [2.45, 2.75) is 0 Å². The topological polar surface area (TPSA) is 64.9 Å². The number of hydrogen-bond donors (Lipinski definition) is 2. The zero-order valence-corrected chi connectivity index (χ0v) is 7.16. The Labute approximate surface area is 70.6 Å². The number of thiocarbonyl (C=S) groups is 1. The molecule has 5 heteroatoms. The summed E-state index contributed by atoms with van der Waals surface area (Å²) in [6.45, 7) is 0. The predicted molar refractivity (Wildman–Crippen MR) is 44.8 cm³/mol. The Bertz CT molecular complexity index is 192. The lowest BCUT2D eigenvalue weighted by molar-refractivity contribution is -0.121. The van der Waals surface area contributed by atoms with Gasteiger partial charge in [-0.1, -0.05) is 12.2 Å². The van der Waals surface area contributed by atoms with E-state index in [0.29, 0.717) is 0 Å². The maximum atomic E-state index is 10.9. The molecule has 1 atom stereocenters. The summed E-state index contributed by atoms with van der Waals surface area (Å²) in [7, 11) is 3.04. The summed E-state index contributed by atoms with van der Waals surface area (Å²) in [5, 5.41) is 13.4. The lowest BCUT2D eigenvalue weighted by Crippen LogP contribution is -2.36. The molecule has 0 fully saturated rings. The fourth-order valence-corrected chi connectivity index (χ4v) is 0.685. The van der Waals surface area contributed by atoms with E-state index in [0.717, 1.165) is 0 Å². The maximum Gasteiger partial charge on any atom is 0.244 e. The van der Waals surface area contributed by atoms with Gasteiger partial charge in [-0.15, -0.1) is 0 Å². The largest absolute Gasteiger partial charge is 0.381 e. The van der Waals surface area contributed by atoms with Crippen LogP contribution in [0.15, 0.2) is 0 Å². The third-order valence-corrected chi connectivity index (χ3v) is 1.59. The second-order valence-corrected chi connectivity index (χ2v) is 2.23. The number of nitriles is 1. The molecular formula is C6H9N3OS. The first-order valence-electron chi connectivity index (χ1n) is 3.00. The van der Waals surface area contributed by atoms with Gasteiger partial charge in [-0.05, 0) is 0 Å². The highest BCUT2D eigenvalue weighted by Gasteiger charge is 2.19. The molecule has 4 nitrogen and oxygen atoms in total. The SMILES string of the molecule is CNC(=O)[C@@H](C#N)C(=S)NC. The van der Waals surface area contributed by atoms with Crippen molar-refractivity contribution >= 4 is 23.1 Å². The number of rotatable bonds is 2. The lowest BCUT2D eigenvalue weighted by Gasteiger charge is -2.07. The molecule has 0 aliphatic heterocycles. The van der Waals surface area contributed by atoms with Gasteiger partial charge in [0.05, 0.1) is 6.07 Å². The van der Waals surface area contributed by atoms with E-state index in [4.69, 9.17) is 17.5 Å². The van der Waals surface area contributed by atoms with E-state index >= 15 is 0 Å². The number of nitrogens with zero attached hydrogens (tertiary/aromatic N) is 1. The summed E-state index contributed by atoms with van der Waals surface area (Å²) < 4.78 is 0. The first-order chi connectivity index (χ1) is 5.17. The Hall–Kier alpha value is -1.15. The van der Waals surface area contributed by atoms with Crippen LogP contribution in [0.2, 0.25) is 0 Å². The van der Waals surface area contributed by atoms with Crippen LogP contribution in [0.5, 0.6) is 0 Å². The monoisotopic (exact) mass is 171 g/mol. The van der Waals surface area contributed by atoms with E-state index < -0.39 is 5.92 Å². The average Bonchev–Trinajstić information content (AvgIpc) is 2.05. The molecule has 1 amide bonds. The van der Waals surface area contributed by atoms with Crippen molar-refractivity contribution in [2.75, 3.05) is 14.1 Å². The molecule has 0 aliphatic carbocycles. The molecule has 0 bridgehead atoms. The van der Waals surface area contributed by atoms with Crippen LogP contribution in [0.4, 0.5) is 0 Å². The Kier molecular flexibility index (Phi) is 4.15. The van der Waals surface area contributed by atoms with E-state index in [1.165, 1.54) is 7.05 Å². The first-order valence-corrected chi connectivity index (χ1v) is 3.41. The van der Waals surface area contributed by atoms with Crippen LogP contribution in [-0.4, -0.2) is 25.0 Å². The van der Waals surface area contributed by atoms with E-state index in [9.17, 15) is 4.79 Å². The molecule has 0 aromatic carbocycles.